The minimum Gasteiger partial charge on any atom is -0.469 e. The quantitative estimate of drug-likeness (QED) is 0.633. The van der Waals surface area contributed by atoms with Crippen molar-refractivity contribution in [2.24, 2.45) is 0 Å². The Bertz CT molecular complexity index is 241. The Morgan fingerprint density at radius 1 is 1.42 bits per heavy atom. The average molecular weight is 163 g/mol. The normalized spacial score (nSPS) is 9.42. The van der Waals surface area contributed by atoms with Crippen LogP contribution in [0.25, 0.3) is 0 Å². The van der Waals surface area contributed by atoms with Crippen molar-refractivity contribution in [3.63, 3.8) is 0 Å². The first-order valence-electron chi connectivity index (χ1n) is 3.78. The fraction of sp³-hybridized carbons (Fsp3) is 0.200. The molecule has 0 spiro atoms. The summed E-state index contributed by atoms with van der Waals surface area (Å²) in [5.74, 6) is -0.279. The van der Waals surface area contributed by atoms with Crippen LogP contribution in [-0.4, -0.2) is 13.1 Å². The SMILES string of the molecule is COC(=O)[CH]Cc1ccccc1. The molecule has 1 aromatic rings. The number of carbonyl (C=O) groups is 1. The Morgan fingerprint density at radius 2 is 2.08 bits per heavy atom. The summed E-state index contributed by atoms with van der Waals surface area (Å²) in [4.78, 5) is 10.7. The molecule has 1 radical (unpaired) electrons. The maximum absolute atomic E-state index is 10.7. The molecule has 12 heavy (non-hydrogen) atoms. The number of rotatable bonds is 3. The molecule has 2 nitrogen and oxygen atoms in total. The van der Waals surface area contributed by atoms with Crippen molar-refractivity contribution in [1.82, 2.24) is 0 Å². The lowest BCUT2D eigenvalue weighted by atomic mass is 10.1. The van der Waals surface area contributed by atoms with Crippen molar-refractivity contribution in [3.8, 4) is 0 Å². The van der Waals surface area contributed by atoms with Gasteiger partial charge in [-0.05, 0) is 12.0 Å². The standard InChI is InChI=1S/C10H11O2/c1-12-10(11)8-7-9-5-3-2-4-6-9/h2-6,8H,7H2,1H3. The summed E-state index contributed by atoms with van der Waals surface area (Å²) in [6, 6.07) is 9.78. The van der Waals surface area contributed by atoms with E-state index in [-0.39, 0.29) is 5.97 Å². The lowest BCUT2D eigenvalue weighted by Gasteiger charge is -1.98. The van der Waals surface area contributed by atoms with Crippen LogP contribution in [0.5, 0.6) is 0 Å². The van der Waals surface area contributed by atoms with E-state index >= 15 is 0 Å². The zero-order chi connectivity index (χ0) is 8.81. The van der Waals surface area contributed by atoms with Crippen LogP contribution in [-0.2, 0) is 16.0 Å². The third-order valence-electron chi connectivity index (χ3n) is 1.55. The summed E-state index contributed by atoms with van der Waals surface area (Å²) in [5, 5.41) is 0. The molecule has 0 fully saturated rings. The highest BCUT2D eigenvalue weighted by Crippen LogP contribution is 2.01. The maximum atomic E-state index is 10.7. The van der Waals surface area contributed by atoms with Gasteiger partial charge in [-0.2, -0.15) is 0 Å². The fourth-order valence-corrected chi connectivity index (χ4v) is 0.899. The number of benzene rings is 1. The third-order valence-corrected chi connectivity index (χ3v) is 1.55. The summed E-state index contributed by atoms with van der Waals surface area (Å²) in [6.07, 6.45) is 2.16. The van der Waals surface area contributed by atoms with Crippen molar-refractivity contribution in [2.75, 3.05) is 7.11 Å². The number of methoxy groups -OCH3 is 1. The van der Waals surface area contributed by atoms with Gasteiger partial charge in [0.15, 0.2) is 0 Å². The van der Waals surface area contributed by atoms with Gasteiger partial charge in [-0.3, -0.25) is 4.79 Å². The molecular formula is C10H11O2. The molecule has 0 aliphatic rings. The zero-order valence-electron chi connectivity index (χ0n) is 6.99. The predicted octanol–water partition coefficient (Wildman–Crippen LogP) is 1.61. The van der Waals surface area contributed by atoms with Crippen molar-refractivity contribution < 1.29 is 9.53 Å². The van der Waals surface area contributed by atoms with Crippen LogP contribution in [0.3, 0.4) is 0 Å². The highest BCUT2D eigenvalue weighted by atomic mass is 16.5. The number of hydrogen-bond acceptors (Lipinski definition) is 2. The Balaban J connectivity index is 2.38. The molecule has 0 aliphatic carbocycles. The van der Waals surface area contributed by atoms with Crippen molar-refractivity contribution in [1.29, 1.82) is 0 Å². The Kier molecular flexibility index (Phi) is 3.33. The van der Waals surface area contributed by atoms with E-state index in [1.165, 1.54) is 13.5 Å². The molecule has 0 bridgehead atoms. The molecule has 1 rings (SSSR count). The summed E-state index contributed by atoms with van der Waals surface area (Å²) >= 11 is 0. The number of ether oxygens (including phenoxy) is 1. The molecule has 0 unspecified atom stereocenters. The summed E-state index contributed by atoms with van der Waals surface area (Å²) in [6.45, 7) is 0. The van der Waals surface area contributed by atoms with E-state index in [1.54, 1.807) is 0 Å². The number of hydrogen-bond donors (Lipinski definition) is 0. The topological polar surface area (TPSA) is 26.3 Å². The van der Waals surface area contributed by atoms with Crippen LogP contribution in [0.4, 0.5) is 0 Å². The van der Waals surface area contributed by atoms with Crippen LogP contribution in [0, 0.1) is 6.42 Å². The second kappa shape index (κ2) is 4.54. The number of carbonyl (C=O) groups excluding carboxylic acids is 1. The third kappa shape index (κ3) is 2.74. The second-order valence-electron chi connectivity index (χ2n) is 2.42. The van der Waals surface area contributed by atoms with Gasteiger partial charge in [0.2, 0.25) is 0 Å². The zero-order valence-corrected chi connectivity index (χ0v) is 6.99. The van der Waals surface area contributed by atoms with Gasteiger partial charge in [-0.15, -0.1) is 0 Å². The molecule has 0 aliphatic heterocycles. The van der Waals surface area contributed by atoms with Crippen LogP contribution in [0.1, 0.15) is 5.56 Å². The molecule has 0 aromatic heterocycles. The van der Waals surface area contributed by atoms with E-state index in [0.717, 1.165) is 5.56 Å². The Hall–Kier alpha value is -1.31. The van der Waals surface area contributed by atoms with Gasteiger partial charge in [0, 0.05) is 0 Å². The molecule has 0 atom stereocenters. The van der Waals surface area contributed by atoms with Crippen molar-refractivity contribution in [3.05, 3.63) is 42.3 Å². The highest BCUT2D eigenvalue weighted by Gasteiger charge is 2.00. The van der Waals surface area contributed by atoms with Crippen molar-refractivity contribution >= 4 is 5.97 Å². The van der Waals surface area contributed by atoms with Gasteiger partial charge >= 0.3 is 5.97 Å². The van der Waals surface area contributed by atoms with E-state index in [4.69, 9.17) is 0 Å². The van der Waals surface area contributed by atoms with Crippen molar-refractivity contribution in [2.45, 2.75) is 6.42 Å². The van der Waals surface area contributed by atoms with Gasteiger partial charge in [0.1, 0.15) is 0 Å². The highest BCUT2D eigenvalue weighted by molar-refractivity contribution is 5.79. The molecule has 1 aromatic carbocycles. The molecular weight excluding hydrogens is 152 g/mol. The second-order valence-corrected chi connectivity index (χ2v) is 2.42. The molecule has 0 saturated carbocycles. The fourth-order valence-electron chi connectivity index (χ4n) is 0.899. The Labute approximate surface area is 72.2 Å². The van der Waals surface area contributed by atoms with E-state index in [1.807, 2.05) is 30.3 Å². The van der Waals surface area contributed by atoms with Crippen LogP contribution in [0.2, 0.25) is 0 Å². The van der Waals surface area contributed by atoms with E-state index in [9.17, 15) is 4.79 Å². The van der Waals surface area contributed by atoms with Gasteiger partial charge in [-0.25, -0.2) is 0 Å². The van der Waals surface area contributed by atoms with Gasteiger partial charge in [-0.1, -0.05) is 30.3 Å². The Morgan fingerprint density at radius 3 is 2.67 bits per heavy atom. The van der Waals surface area contributed by atoms with E-state index < -0.39 is 0 Å². The summed E-state index contributed by atoms with van der Waals surface area (Å²) < 4.78 is 4.48. The lowest BCUT2D eigenvalue weighted by molar-refractivity contribution is -0.136. The molecule has 63 valence electrons. The summed E-state index contributed by atoms with van der Waals surface area (Å²) in [5.41, 5.74) is 1.11. The van der Waals surface area contributed by atoms with Gasteiger partial charge in [0.05, 0.1) is 13.5 Å². The van der Waals surface area contributed by atoms with Gasteiger partial charge in [0.25, 0.3) is 0 Å². The molecule has 0 heterocycles. The first kappa shape index (κ1) is 8.78. The van der Waals surface area contributed by atoms with Crippen LogP contribution < -0.4 is 0 Å². The molecule has 0 amide bonds. The number of esters is 1. The first-order valence-corrected chi connectivity index (χ1v) is 3.78. The lowest BCUT2D eigenvalue weighted by Crippen LogP contribution is -2.02. The molecule has 0 N–H and O–H groups in total. The van der Waals surface area contributed by atoms with E-state index in [2.05, 4.69) is 4.74 Å². The van der Waals surface area contributed by atoms with E-state index in [0.29, 0.717) is 6.42 Å². The molecule has 0 saturated heterocycles. The maximum Gasteiger partial charge on any atom is 0.309 e. The predicted molar refractivity (Wildman–Crippen MR) is 46.5 cm³/mol. The first-order chi connectivity index (χ1) is 5.83. The minimum absolute atomic E-state index is 0.279. The monoisotopic (exact) mass is 163 g/mol. The van der Waals surface area contributed by atoms with Gasteiger partial charge < -0.3 is 4.74 Å². The smallest absolute Gasteiger partial charge is 0.309 e. The summed E-state index contributed by atoms with van der Waals surface area (Å²) in [7, 11) is 1.38. The average Bonchev–Trinajstić information content (AvgIpc) is 2.16. The van der Waals surface area contributed by atoms with Crippen LogP contribution in [0.15, 0.2) is 30.3 Å². The largest absolute Gasteiger partial charge is 0.469 e. The van der Waals surface area contributed by atoms with Crippen LogP contribution >= 0.6 is 0 Å². The minimum atomic E-state index is -0.279. The molecule has 2 heteroatoms.